The second-order valence-electron chi connectivity index (χ2n) is 3.19. The first-order chi connectivity index (χ1) is 8.16. The monoisotopic (exact) mass is 232 g/mol. The summed E-state index contributed by atoms with van der Waals surface area (Å²) in [7, 11) is 0. The fraction of sp³-hybridized carbons (Fsp3) is 0. The molecule has 1 aromatic heterocycles. The first-order valence-corrected chi connectivity index (χ1v) is 4.65. The van der Waals surface area contributed by atoms with Gasteiger partial charge in [0.2, 0.25) is 5.91 Å². The summed E-state index contributed by atoms with van der Waals surface area (Å²) < 4.78 is 4.30. The Balaban J connectivity index is 2.09. The summed E-state index contributed by atoms with van der Waals surface area (Å²) in [5.41, 5.74) is 6.04. The number of primary amides is 1. The quantitative estimate of drug-likeness (QED) is 0.796. The molecule has 0 aliphatic carbocycles. The Morgan fingerprint density at radius 3 is 2.47 bits per heavy atom. The van der Waals surface area contributed by atoms with Crippen molar-refractivity contribution in [3.05, 3.63) is 41.7 Å². The van der Waals surface area contributed by atoms with Gasteiger partial charge in [-0.3, -0.25) is 9.59 Å². The smallest absolute Gasteiger partial charge is 0.279 e. The van der Waals surface area contributed by atoms with E-state index in [1.165, 1.54) is 18.3 Å². The van der Waals surface area contributed by atoms with E-state index >= 15 is 0 Å². The summed E-state index contributed by atoms with van der Waals surface area (Å²) in [4.78, 5) is 22.4. The average molecular weight is 232 g/mol. The second-order valence-corrected chi connectivity index (χ2v) is 3.19. The zero-order chi connectivity index (χ0) is 12.3. The minimum atomic E-state index is -0.524. The SMILES string of the molecule is NC(=O)c1ccc(NC(=O)c2cnon2)cc1. The van der Waals surface area contributed by atoms with Crippen molar-refractivity contribution in [2.75, 3.05) is 5.32 Å². The summed E-state index contributed by atoms with van der Waals surface area (Å²) in [6.07, 6.45) is 1.20. The first kappa shape index (κ1) is 10.8. The van der Waals surface area contributed by atoms with Crippen molar-refractivity contribution in [3.63, 3.8) is 0 Å². The Bertz CT molecular complexity index is 533. The number of nitrogens with zero attached hydrogens (tertiary/aromatic N) is 2. The third-order valence-corrected chi connectivity index (χ3v) is 2.02. The number of nitrogens with two attached hydrogens (primary N) is 1. The zero-order valence-corrected chi connectivity index (χ0v) is 8.58. The van der Waals surface area contributed by atoms with Gasteiger partial charge in [0.1, 0.15) is 6.20 Å². The lowest BCUT2D eigenvalue weighted by molar-refractivity contribution is 0.0997. The standard InChI is InChI=1S/C10H8N4O3/c11-9(15)6-1-3-7(4-2-6)13-10(16)8-5-12-17-14-8/h1-5H,(H2,11,15)(H,13,16). The number of rotatable bonds is 3. The highest BCUT2D eigenvalue weighted by atomic mass is 16.6. The fourth-order valence-corrected chi connectivity index (χ4v) is 1.18. The van der Waals surface area contributed by atoms with E-state index in [2.05, 4.69) is 20.3 Å². The molecule has 86 valence electrons. The number of carbonyl (C=O) groups excluding carboxylic acids is 2. The first-order valence-electron chi connectivity index (χ1n) is 4.65. The van der Waals surface area contributed by atoms with Crippen LogP contribution in [0.15, 0.2) is 35.1 Å². The molecule has 2 rings (SSSR count). The van der Waals surface area contributed by atoms with Crippen molar-refractivity contribution < 1.29 is 14.2 Å². The molecule has 1 heterocycles. The van der Waals surface area contributed by atoms with Gasteiger partial charge >= 0.3 is 0 Å². The van der Waals surface area contributed by atoms with Crippen LogP contribution < -0.4 is 11.1 Å². The summed E-state index contributed by atoms with van der Waals surface area (Å²) in [6.45, 7) is 0. The molecule has 0 aliphatic rings. The van der Waals surface area contributed by atoms with E-state index in [1.807, 2.05) is 0 Å². The van der Waals surface area contributed by atoms with Gasteiger partial charge in [-0.25, -0.2) is 4.63 Å². The lowest BCUT2D eigenvalue weighted by Crippen LogP contribution is -2.13. The molecule has 1 aromatic carbocycles. The van der Waals surface area contributed by atoms with Crippen molar-refractivity contribution >= 4 is 17.5 Å². The van der Waals surface area contributed by atoms with Gasteiger partial charge in [-0.15, -0.1) is 0 Å². The Hall–Kier alpha value is -2.70. The van der Waals surface area contributed by atoms with Crippen molar-refractivity contribution in [2.24, 2.45) is 5.73 Å². The van der Waals surface area contributed by atoms with Crippen LogP contribution in [-0.2, 0) is 0 Å². The van der Waals surface area contributed by atoms with Crippen LogP contribution in [0.4, 0.5) is 5.69 Å². The summed E-state index contributed by atoms with van der Waals surface area (Å²) in [5.74, 6) is -0.971. The molecule has 7 nitrogen and oxygen atoms in total. The molecule has 2 amide bonds. The molecule has 0 radical (unpaired) electrons. The number of anilines is 1. The van der Waals surface area contributed by atoms with Crippen molar-refractivity contribution in [1.29, 1.82) is 0 Å². The minimum Gasteiger partial charge on any atom is -0.366 e. The summed E-state index contributed by atoms with van der Waals surface area (Å²) >= 11 is 0. The largest absolute Gasteiger partial charge is 0.366 e. The third-order valence-electron chi connectivity index (χ3n) is 2.02. The van der Waals surface area contributed by atoms with Crippen LogP contribution >= 0.6 is 0 Å². The predicted octanol–water partition coefficient (Wildman–Crippen LogP) is 0.421. The topological polar surface area (TPSA) is 111 Å². The van der Waals surface area contributed by atoms with Gasteiger partial charge in [0.05, 0.1) is 0 Å². The van der Waals surface area contributed by atoms with Crippen LogP contribution in [0.1, 0.15) is 20.8 Å². The normalized spacial score (nSPS) is 9.88. The van der Waals surface area contributed by atoms with Gasteiger partial charge in [-0.05, 0) is 29.4 Å². The molecular formula is C10H8N4O3. The fourth-order valence-electron chi connectivity index (χ4n) is 1.18. The maximum absolute atomic E-state index is 11.5. The van der Waals surface area contributed by atoms with Gasteiger partial charge in [0.15, 0.2) is 5.69 Å². The number of aromatic nitrogens is 2. The van der Waals surface area contributed by atoms with Crippen LogP contribution in [0.3, 0.4) is 0 Å². The summed E-state index contributed by atoms with van der Waals surface area (Å²) in [5, 5.41) is 9.26. The molecule has 3 N–H and O–H groups in total. The van der Waals surface area contributed by atoms with Crippen LogP contribution in [0.5, 0.6) is 0 Å². The van der Waals surface area contributed by atoms with E-state index in [0.29, 0.717) is 11.3 Å². The van der Waals surface area contributed by atoms with Gasteiger partial charge < -0.3 is 11.1 Å². The van der Waals surface area contributed by atoms with E-state index in [1.54, 1.807) is 12.1 Å². The summed E-state index contributed by atoms with van der Waals surface area (Å²) in [6, 6.07) is 6.15. The number of nitrogens with one attached hydrogen (secondary N) is 1. The second kappa shape index (κ2) is 4.44. The number of carbonyl (C=O) groups is 2. The molecule has 0 spiro atoms. The van der Waals surface area contributed by atoms with Crippen LogP contribution in [-0.4, -0.2) is 22.1 Å². The van der Waals surface area contributed by atoms with E-state index in [4.69, 9.17) is 5.73 Å². The Labute approximate surface area is 95.6 Å². The molecule has 17 heavy (non-hydrogen) atoms. The highest BCUT2D eigenvalue weighted by Gasteiger charge is 2.10. The Kier molecular flexibility index (Phi) is 2.82. The van der Waals surface area contributed by atoms with Gasteiger partial charge in [0, 0.05) is 11.3 Å². The highest BCUT2D eigenvalue weighted by molar-refractivity contribution is 6.02. The van der Waals surface area contributed by atoms with E-state index in [0.717, 1.165) is 0 Å². The van der Waals surface area contributed by atoms with Crippen LogP contribution in [0, 0.1) is 0 Å². The van der Waals surface area contributed by atoms with Gasteiger partial charge in [-0.1, -0.05) is 5.16 Å². The molecule has 7 heteroatoms. The predicted molar refractivity (Wildman–Crippen MR) is 57.2 cm³/mol. The highest BCUT2D eigenvalue weighted by Crippen LogP contribution is 2.10. The molecule has 0 fully saturated rings. The molecular weight excluding hydrogens is 224 g/mol. The number of amides is 2. The number of hydrogen-bond donors (Lipinski definition) is 2. The average Bonchev–Trinajstić information content (AvgIpc) is 2.83. The molecule has 0 bridgehead atoms. The molecule has 0 unspecified atom stereocenters. The third kappa shape index (κ3) is 2.46. The van der Waals surface area contributed by atoms with Crippen molar-refractivity contribution in [3.8, 4) is 0 Å². The van der Waals surface area contributed by atoms with Crippen molar-refractivity contribution in [1.82, 2.24) is 10.3 Å². The molecule has 0 atom stereocenters. The minimum absolute atomic E-state index is 0.0731. The molecule has 0 saturated carbocycles. The number of benzene rings is 1. The lowest BCUT2D eigenvalue weighted by atomic mass is 10.2. The van der Waals surface area contributed by atoms with Crippen LogP contribution in [0.25, 0.3) is 0 Å². The maximum Gasteiger partial charge on any atom is 0.279 e. The van der Waals surface area contributed by atoms with E-state index < -0.39 is 11.8 Å². The van der Waals surface area contributed by atoms with Gasteiger partial charge in [0.25, 0.3) is 5.91 Å². The van der Waals surface area contributed by atoms with E-state index in [-0.39, 0.29) is 5.69 Å². The molecule has 0 aliphatic heterocycles. The zero-order valence-electron chi connectivity index (χ0n) is 8.58. The maximum atomic E-state index is 11.5. The Morgan fingerprint density at radius 2 is 1.94 bits per heavy atom. The molecule has 0 saturated heterocycles. The van der Waals surface area contributed by atoms with Crippen molar-refractivity contribution in [2.45, 2.75) is 0 Å². The molecule has 2 aromatic rings. The van der Waals surface area contributed by atoms with Crippen LogP contribution in [0.2, 0.25) is 0 Å². The van der Waals surface area contributed by atoms with Gasteiger partial charge in [-0.2, -0.15) is 0 Å². The number of hydrogen-bond acceptors (Lipinski definition) is 5. The Morgan fingerprint density at radius 1 is 1.24 bits per heavy atom. The lowest BCUT2D eigenvalue weighted by Gasteiger charge is -2.02. The van der Waals surface area contributed by atoms with E-state index in [9.17, 15) is 9.59 Å².